The van der Waals surface area contributed by atoms with Gasteiger partial charge < -0.3 is 14.9 Å². The third-order valence-corrected chi connectivity index (χ3v) is 2.95. The van der Waals surface area contributed by atoms with E-state index in [0.717, 1.165) is 0 Å². The van der Waals surface area contributed by atoms with Gasteiger partial charge in [0, 0.05) is 10.8 Å². The van der Waals surface area contributed by atoms with Crippen molar-refractivity contribution in [3.63, 3.8) is 0 Å². The Morgan fingerprint density at radius 2 is 2.14 bits per heavy atom. The minimum atomic E-state index is 0.106. The molecule has 14 heavy (non-hydrogen) atoms. The monoisotopic (exact) mass is 210 g/mol. The van der Waals surface area contributed by atoms with Crippen molar-refractivity contribution >= 4 is 21.4 Å². The number of ether oxygens (including phenoxy) is 1. The van der Waals surface area contributed by atoms with Crippen LogP contribution in [0.3, 0.4) is 0 Å². The molecule has 2 N–H and O–H groups in total. The number of fused-ring (bicyclic) bond motifs is 1. The normalized spacial score (nSPS) is 10.6. The highest BCUT2D eigenvalue weighted by atomic mass is 32.1. The van der Waals surface area contributed by atoms with E-state index in [4.69, 9.17) is 4.74 Å². The highest BCUT2D eigenvalue weighted by Gasteiger charge is 2.11. The topological polar surface area (TPSA) is 49.7 Å². The second kappa shape index (κ2) is 3.38. The molecule has 2 aromatic rings. The van der Waals surface area contributed by atoms with Crippen molar-refractivity contribution in [1.82, 2.24) is 0 Å². The summed E-state index contributed by atoms with van der Waals surface area (Å²) < 4.78 is 5.89. The molecule has 0 saturated heterocycles. The molecule has 4 heteroatoms. The second-order valence-corrected chi connectivity index (χ2v) is 3.72. The van der Waals surface area contributed by atoms with E-state index < -0.39 is 0 Å². The SMILES string of the molecule is CCOc1ccc2c(O)csc2c1O. The molecule has 2 rings (SSSR count). The fourth-order valence-electron chi connectivity index (χ4n) is 1.32. The van der Waals surface area contributed by atoms with Gasteiger partial charge in [-0.25, -0.2) is 0 Å². The lowest BCUT2D eigenvalue weighted by molar-refractivity contribution is 0.320. The van der Waals surface area contributed by atoms with Crippen molar-refractivity contribution in [3.05, 3.63) is 17.5 Å². The minimum absolute atomic E-state index is 0.106. The molecule has 1 heterocycles. The van der Waals surface area contributed by atoms with Crippen LogP contribution in [0.25, 0.3) is 10.1 Å². The van der Waals surface area contributed by atoms with Gasteiger partial charge in [0.05, 0.1) is 11.3 Å². The Kier molecular flexibility index (Phi) is 2.21. The predicted octanol–water partition coefficient (Wildman–Crippen LogP) is 2.71. The summed E-state index contributed by atoms with van der Waals surface area (Å²) in [4.78, 5) is 0. The van der Waals surface area contributed by atoms with E-state index in [2.05, 4.69) is 0 Å². The van der Waals surface area contributed by atoms with Crippen LogP contribution in [0.15, 0.2) is 17.5 Å². The Labute approximate surface area is 85.2 Å². The summed E-state index contributed by atoms with van der Waals surface area (Å²) in [5, 5.41) is 21.4. The molecule has 0 aliphatic rings. The van der Waals surface area contributed by atoms with Crippen LogP contribution in [0.5, 0.6) is 17.2 Å². The fraction of sp³-hybridized carbons (Fsp3) is 0.200. The van der Waals surface area contributed by atoms with E-state index >= 15 is 0 Å². The molecule has 0 bridgehead atoms. The summed E-state index contributed by atoms with van der Waals surface area (Å²) in [6, 6.07) is 3.40. The number of hydrogen-bond acceptors (Lipinski definition) is 4. The van der Waals surface area contributed by atoms with Gasteiger partial charge in [-0.2, -0.15) is 0 Å². The molecule has 0 aliphatic heterocycles. The van der Waals surface area contributed by atoms with Crippen molar-refractivity contribution < 1.29 is 14.9 Å². The van der Waals surface area contributed by atoms with Crippen molar-refractivity contribution in [2.24, 2.45) is 0 Å². The Morgan fingerprint density at radius 1 is 1.36 bits per heavy atom. The lowest BCUT2D eigenvalue weighted by Gasteiger charge is -2.05. The molecule has 0 fully saturated rings. The van der Waals surface area contributed by atoms with E-state index in [1.165, 1.54) is 11.3 Å². The van der Waals surface area contributed by atoms with Gasteiger partial charge in [0.1, 0.15) is 5.75 Å². The molecule has 0 spiro atoms. The summed E-state index contributed by atoms with van der Waals surface area (Å²) >= 11 is 1.30. The zero-order chi connectivity index (χ0) is 10.1. The molecule has 0 unspecified atom stereocenters. The number of thiophene rings is 1. The van der Waals surface area contributed by atoms with Gasteiger partial charge in [-0.1, -0.05) is 0 Å². The molecule has 3 nitrogen and oxygen atoms in total. The average molecular weight is 210 g/mol. The van der Waals surface area contributed by atoms with Gasteiger partial charge in [-0.05, 0) is 19.1 Å². The van der Waals surface area contributed by atoms with Crippen LogP contribution in [0.2, 0.25) is 0 Å². The number of phenolic OH excluding ortho intramolecular Hbond substituents is 1. The average Bonchev–Trinajstić information content (AvgIpc) is 2.54. The molecule has 0 amide bonds. The lowest BCUT2D eigenvalue weighted by Crippen LogP contribution is -1.91. The quantitative estimate of drug-likeness (QED) is 0.801. The van der Waals surface area contributed by atoms with E-state index in [1.807, 2.05) is 6.92 Å². The molecule has 74 valence electrons. The largest absolute Gasteiger partial charge is 0.506 e. The van der Waals surface area contributed by atoms with Crippen molar-refractivity contribution in [3.8, 4) is 17.2 Å². The second-order valence-electron chi connectivity index (χ2n) is 2.84. The first kappa shape index (κ1) is 9.15. The predicted molar refractivity (Wildman–Crippen MR) is 56.3 cm³/mol. The molecular formula is C10H10O3S. The smallest absolute Gasteiger partial charge is 0.176 e. The lowest BCUT2D eigenvalue weighted by atomic mass is 10.2. The summed E-state index contributed by atoms with van der Waals surface area (Å²) in [6.07, 6.45) is 0. The van der Waals surface area contributed by atoms with Gasteiger partial charge in [-0.15, -0.1) is 11.3 Å². The fourth-order valence-corrected chi connectivity index (χ4v) is 2.19. The Hall–Kier alpha value is -1.42. The minimum Gasteiger partial charge on any atom is -0.506 e. The van der Waals surface area contributed by atoms with Crippen LogP contribution >= 0.6 is 11.3 Å². The van der Waals surface area contributed by atoms with Crippen LogP contribution in [-0.2, 0) is 0 Å². The van der Waals surface area contributed by atoms with E-state index in [-0.39, 0.29) is 11.5 Å². The molecule has 0 saturated carbocycles. The van der Waals surface area contributed by atoms with Crippen LogP contribution in [0.4, 0.5) is 0 Å². The van der Waals surface area contributed by atoms with Crippen LogP contribution < -0.4 is 4.74 Å². The third-order valence-electron chi connectivity index (χ3n) is 1.96. The van der Waals surface area contributed by atoms with Crippen LogP contribution in [0, 0.1) is 0 Å². The summed E-state index contributed by atoms with van der Waals surface area (Å²) in [5.41, 5.74) is 0. The molecule has 0 aliphatic carbocycles. The number of phenols is 1. The van der Waals surface area contributed by atoms with E-state index in [9.17, 15) is 10.2 Å². The van der Waals surface area contributed by atoms with Gasteiger partial charge in [0.2, 0.25) is 0 Å². The molecule has 1 aromatic heterocycles. The van der Waals surface area contributed by atoms with Crippen LogP contribution in [0.1, 0.15) is 6.92 Å². The summed E-state index contributed by atoms with van der Waals surface area (Å²) in [5.74, 6) is 0.764. The highest BCUT2D eigenvalue weighted by molar-refractivity contribution is 7.18. The molecular weight excluding hydrogens is 200 g/mol. The number of rotatable bonds is 2. The first-order valence-corrected chi connectivity index (χ1v) is 5.17. The first-order valence-electron chi connectivity index (χ1n) is 4.29. The van der Waals surface area contributed by atoms with Gasteiger partial charge in [0.25, 0.3) is 0 Å². The van der Waals surface area contributed by atoms with Crippen molar-refractivity contribution in [2.75, 3.05) is 6.61 Å². The van der Waals surface area contributed by atoms with Crippen LogP contribution in [-0.4, -0.2) is 16.8 Å². The van der Waals surface area contributed by atoms with Crippen molar-refractivity contribution in [2.45, 2.75) is 6.92 Å². The first-order chi connectivity index (χ1) is 6.74. The maximum Gasteiger partial charge on any atom is 0.176 e. The number of benzene rings is 1. The van der Waals surface area contributed by atoms with Gasteiger partial charge in [0.15, 0.2) is 11.5 Å². The molecule has 1 aromatic carbocycles. The van der Waals surface area contributed by atoms with Gasteiger partial charge >= 0.3 is 0 Å². The van der Waals surface area contributed by atoms with E-state index in [1.54, 1.807) is 17.5 Å². The molecule has 0 radical (unpaired) electrons. The van der Waals surface area contributed by atoms with Gasteiger partial charge in [-0.3, -0.25) is 0 Å². The Bertz CT molecular complexity index is 462. The zero-order valence-corrected chi connectivity index (χ0v) is 8.47. The third kappa shape index (κ3) is 1.28. The maximum absolute atomic E-state index is 9.77. The zero-order valence-electron chi connectivity index (χ0n) is 7.65. The highest BCUT2D eigenvalue weighted by Crippen LogP contribution is 2.42. The molecule has 0 atom stereocenters. The van der Waals surface area contributed by atoms with E-state index in [0.29, 0.717) is 22.4 Å². The Morgan fingerprint density at radius 3 is 2.86 bits per heavy atom. The Balaban J connectivity index is 2.63. The number of hydrogen-bond donors (Lipinski definition) is 2. The summed E-state index contributed by atoms with van der Waals surface area (Å²) in [6.45, 7) is 2.37. The standard InChI is InChI=1S/C10H10O3S/c1-2-13-8-4-3-6-7(11)5-14-10(6)9(8)12/h3-5,11-12H,2H2,1H3. The summed E-state index contributed by atoms with van der Waals surface area (Å²) in [7, 11) is 0. The van der Waals surface area contributed by atoms with Crippen molar-refractivity contribution in [1.29, 1.82) is 0 Å². The number of aromatic hydroxyl groups is 2. The maximum atomic E-state index is 9.77.